The number of ether oxygens (including phenoxy) is 2. The minimum Gasteiger partial charge on any atom is -0.481 e. The number of carbonyl (C=O) groups excluding carboxylic acids is 2. The Bertz CT molecular complexity index is 1290. The first-order chi connectivity index (χ1) is 20.4. The van der Waals surface area contributed by atoms with Crippen molar-refractivity contribution in [3.05, 3.63) is 53.6 Å². The maximum Gasteiger partial charge on any atom is 0.308 e. The second kappa shape index (κ2) is 13.6. The molecule has 0 radical (unpaired) electrons. The van der Waals surface area contributed by atoms with Gasteiger partial charge in [-0.15, -0.1) is 0 Å². The number of rotatable bonds is 12. The van der Waals surface area contributed by atoms with Crippen LogP contribution >= 0.6 is 0 Å². The summed E-state index contributed by atoms with van der Waals surface area (Å²) in [7, 11) is 0. The van der Waals surface area contributed by atoms with E-state index in [1.165, 1.54) is 0 Å². The summed E-state index contributed by atoms with van der Waals surface area (Å²) in [6.45, 7) is 4.83. The third-order valence-electron chi connectivity index (χ3n) is 8.81. The lowest BCUT2D eigenvalue weighted by Crippen LogP contribution is -2.46. The number of carboxylic acids is 1. The number of benzene rings is 2. The Hall–Kier alpha value is -3.63. The fraction of sp³-hybridized carbons (Fsp3) is 0.531. The Morgan fingerprint density at radius 1 is 1.12 bits per heavy atom. The molecular formula is C32H42N4O6. The summed E-state index contributed by atoms with van der Waals surface area (Å²) >= 11 is 0. The number of nitrogens with two attached hydrogens (primary N) is 1. The number of aliphatic carboxylic acids is 1. The number of anilines is 1. The van der Waals surface area contributed by atoms with Crippen molar-refractivity contribution in [1.82, 2.24) is 9.80 Å². The fourth-order valence-electron chi connectivity index (χ4n) is 6.54. The SMILES string of the molecule is CCCCN(C(=O)CN1CC(c2ccc3c(c2)OCO3)C(C(=O)O)C1CCN1CCCCC1=O)c1cccc(CN)c1. The lowest BCUT2D eigenvalue weighted by molar-refractivity contribution is -0.143. The summed E-state index contributed by atoms with van der Waals surface area (Å²) in [6.07, 6.45) is 4.63. The van der Waals surface area contributed by atoms with Gasteiger partial charge < -0.3 is 30.1 Å². The molecular weight excluding hydrogens is 536 g/mol. The second-order valence-corrected chi connectivity index (χ2v) is 11.5. The molecule has 3 N–H and O–H groups in total. The van der Waals surface area contributed by atoms with Crippen molar-refractivity contribution < 1.29 is 29.0 Å². The van der Waals surface area contributed by atoms with Crippen LogP contribution in [0.25, 0.3) is 0 Å². The minimum atomic E-state index is -0.902. The Morgan fingerprint density at radius 3 is 2.71 bits per heavy atom. The van der Waals surface area contributed by atoms with Crippen LogP contribution in [0.2, 0.25) is 0 Å². The zero-order valence-corrected chi connectivity index (χ0v) is 24.4. The maximum absolute atomic E-state index is 14.0. The average Bonchev–Trinajstić information content (AvgIpc) is 3.61. The molecule has 5 rings (SSSR count). The van der Waals surface area contributed by atoms with Gasteiger partial charge in [0, 0.05) is 56.8 Å². The van der Waals surface area contributed by atoms with E-state index < -0.39 is 17.9 Å². The third kappa shape index (κ3) is 6.55. The first kappa shape index (κ1) is 29.8. The van der Waals surface area contributed by atoms with E-state index in [1.807, 2.05) is 52.3 Å². The van der Waals surface area contributed by atoms with Gasteiger partial charge in [0.2, 0.25) is 18.6 Å². The molecule has 3 unspecified atom stereocenters. The number of carbonyl (C=O) groups is 3. The summed E-state index contributed by atoms with van der Waals surface area (Å²) in [5.74, 6) is -0.715. The van der Waals surface area contributed by atoms with Gasteiger partial charge in [-0.2, -0.15) is 0 Å². The lowest BCUT2D eigenvalue weighted by Gasteiger charge is -2.32. The first-order valence-corrected chi connectivity index (χ1v) is 15.1. The highest BCUT2D eigenvalue weighted by atomic mass is 16.7. The smallest absolute Gasteiger partial charge is 0.308 e. The molecule has 3 atom stereocenters. The molecule has 2 fully saturated rings. The predicted octanol–water partition coefficient (Wildman–Crippen LogP) is 3.58. The summed E-state index contributed by atoms with van der Waals surface area (Å²) in [4.78, 5) is 45.1. The molecule has 0 aliphatic carbocycles. The number of nitrogens with zero attached hydrogens (tertiary/aromatic N) is 3. The molecule has 2 amide bonds. The van der Waals surface area contributed by atoms with Crippen LogP contribution in [0.15, 0.2) is 42.5 Å². The second-order valence-electron chi connectivity index (χ2n) is 11.5. The molecule has 2 saturated heterocycles. The van der Waals surface area contributed by atoms with Crippen LogP contribution in [0.1, 0.15) is 62.5 Å². The monoisotopic (exact) mass is 578 g/mol. The summed E-state index contributed by atoms with van der Waals surface area (Å²) in [6, 6.07) is 12.9. The van der Waals surface area contributed by atoms with Gasteiger partial charge in [-0.3, -0.25) is 19.3 Å². The molecule has 2 aromatic rings. The molecule has 0 aromatic heterocycles. The molecule has 0 bridgehead atoms. The quantitative estimate of drug-likeness (QED) is 0.392. The molecule has 42 heavy (non-hydrogen) atoms. The number of likely N-dealkylation sites (tertiary alicyclic amines) is 2. The number of amides is 2. The van der Waals surface area contributed by atoms with Crippen LogP contribution in [0.5, 0.6) is 11.5 Å². The van der Waals surface area contributed by atoms with Crippen molar-refractivity contribution in [2.75, 3.05) is 44.4 Å². The Morgan fingerprint density at radius 2 is 1.95 bits per heavy atom. The van der Waals surface area contributed by atoms with Crippen molar-refractivity contribution >= 4 is 23.5 Å². The predicted molar refractivity (Wildman–Crippen MR) is 158 cm³/mol. The topological polar surface area (TPSA) is 126 Å². The zero-order valence-electron chi connectivity index (χ0n) is 24.4. The Kier molecular flexibility index (Phi) is 9.64. The summed E-state index contributed by atoms with van der Waals surface area (Å²) in [5, 5.41) is 10.5. The van der Waals surface area contributed by atoms with Gasteiger partial charge in [0.05, 0.1) is 12.5 Å². The van der Waals surface area contributed by atoms with Gasteiger partial charge in [0.15, 0.2) is 11.5 Å². The standard InChI is InChI=1S/C32H42N4O6/c1-2-3-14-36(24-8-6-7-22(16-24)18-33)30(38)20-35-19-25(23-10-11-27-28(17-23)42-21-41-27)31(32(39)40)26(35)12-15-34-13-5-4-9-29(34)37/h6-8,10-11,16-17,25-26,31H,2-5,9,12-15,18-21,33H2,1H3,(H,39,40). The van der Waals surface area contributed by atoms with Crippen molar-refractivity contribution in [2.24, 2.45) is 11.7 Å². The van der Waals surface area contributed by atoms with Gasteiger partial charge in [0.25, 0.3) is 0 Å². The van der Waals surface area contributed by atoms with Gasteiger partial charge in [-0.1, -0.05) is 31.5 Å². The van der Waals surface area contributed by atoms with E-state index in [0.717, 1.165) is 42.5 Å². The fourth-order valence-corrected chi connectivity index (χ4v) is 6.54. The highest BCUT2D eigenvalue weighted by Crippen LogP contribution is 2.43. The maximum atomic E-state index is 14.0. The van der Waals surface area contributed by atoms with Gasteiger partial charge in [-0.25, -0.2) is 0 Å². The largest absolute Gasteiger partial charge is 0.481 e. The van der Waals surface area contributed by atoms with E-state index in [-0.39, 0.29) is 31.1 Å². The van der Waals surface area contributed by atoms with Crippen molar-refractivity contribution in [1.29, 1.82) is 0 Å². The summed E-state index contributed by atoms with van der Waals surface area (Å²) in [5.41, 5.74) is 8.48. The molecule has 0 saturated carbocycles. The molecule has 3 aliphatic rings. The number of hydrogen-bond donors (Lipinski definition) is 2. The number of unbranched alkanes of at least 4 members (excludes halogenated alkanes) is 1. The molecule has 2 aromatic carbocycles. The van der Waals surface area contributed by atoms with Crippen molar-refractivity contribution in [3.8, 4) is 11.5 Å². The van der Waals surface area contributed by atoms with E-state index in [0.29, 0.717) is 57.1 Å². The molecule has 10 nitrogen and oxygen atoms in total. The molecule has 3 aliphatic heterocycles. The number of fused-ring (bicyclic) bond motifs is 1. The van der Waals surface area contributed by atoms with Gasteiger partial charge in [0.1, 0.15) is 0 Å². The van der Waals surface area contributed by atoms with E-state index in [2.05, 4.69) is 6.92 Å². The number of piperidine rings is 1. The van der Waals surface area contributed by atoms with Crippen molar-refractivity contribution in [2.45, 2.75) is 64.0 Å². The van der Waals surface area contributed by atoms with E-state index in [1.54, 1.807) is 4.90 Å². The normalized spacial score (nSPS) is 22.0. The van der Waals surface area contributed by atoms with E-state index in [4.69, 9.17) is 15.2 Å². The van der Waals surface area contributed by atoms with Crippen LogP contribution < -0.4 is 20.1 Å². The molecule has 3 heterocycles. The van der Waals surface area contributed by atoms with Crippen LogP contribution in [0, 0.1) is 5.92 Å². The number of carboxylic acid groups (broad SMARTS) is 1. The highest BCUT2D eigenvalue weighted by molar-refractivity contribution is 5.95. The van der Waals surface area contributed by atoms with E-state index >= 15 is 0 Å². The van der Waals surface area contributed by atoms with Crippen molar-refractivity contribution in [3.63, 3.8) is 0 Å². The first-order valence-electron chi connectivity index (χ1n) is 15.1. The van der Waals surface area contributed by atoms with Crippen LogP contribution in [0.3, 0.4) is 0 Å². The van der Waals surface area contributed by atoms with Gasteiger partial charge in [-0.05, 0) is 61.1 Å². The van der Waals surface area contributed by atoms with Crippen LogP contribution in [-0.4, -0.2) is 78.2 Å². The zero-order chi connectivity index (χ0) is 29.6. The molecule has 226 valence electrons. The highest BCUT2D eigenvalue weighted by Gasteiger charge is 2.47. The summed E-state index contributed by atoms with van der Waals surface area (Å²) < 4.78 is 11.1. The third-order valence-corrected chi connectivity index (χ3v) is 8.81. The minimum absolute atomic E-state index is 0.0767. The van der Waals surface area contributed by atoms with Crippen LogP contribution in [-0.2, 0) is 20.9 Å². The molecule has 0 spiro atoms. The van der Waals surface area contributed by atoms with Gasteiger partial charge >= 0.3 is 5.97 Å². The average molecular weight is 579 g/mol. The number of hydrogen-bond acceptors (Lipinski definition) is 7. The molecule has 10 heteroatoms. The Balaban J connectivity index is 1.43. The lowest BCUT2D eigenvalue weighted by atomic mass is 9.84. The Labute approximate surface area is 247 Å². The van der Waals surface area contributed by atoms with Crippen LogP contribution in [0.4, 0.5) is 5.69 Å². The van der Waals surface area contributed by atoms with E-state index in [9.17, 15) is 19.5 Å².